The summed E-state index contributed by atoms with van der Waals surface area (Å²) < 4.78 is 0. The molecule has 0 bridgehead atoms. The summed E-state index contributed by atoms with van der Waals surface area (Å²) in [6.07, 6.45) is 6.52. The zero-order valence-electron chi connectivity index (χ0n) is 12.3. The monoisotopic (exact) mass is 302 g/mol. The van der Waals surface area contributed by atoms with Crippen molar-refractivity contribution >= 4 is 11.6 Å². The van der Waals surface area contributed by atoms with Crippen LogP contribution in [0.5, 0.6) is 0 Å². The third-order valence-corrected chi connectivity index (χ3v) is 3.21. The van der Waals surface area contributed by atoms with Gasteiger partial charge in [0.05, 0.1) is 5.71 Å². The van der Waals surface area contributed by atoms with Crippen LogP contribution in [0.25, 0.3) is 0 Å². The number of benzene rings is 1. The molecular formula is C18H14N4O. The van der Waals surface area contributed by atoms with Crippen molar-refractivity contribution in [1.29, 1.82) is 0 Å². The molecule has 112 valence electrons. The highest BCUT2D eigenvalue weighted by Crippen LogP contribution is 2.10. The fourth-order valence-corrected chi connectivity index (χ4v) is 2.08. The highest BCUT2D eigenvalue weighted by atomic mass is 16.2. The zero-order chi connectivity index (χ0) is 15.9. The Bertz CT molecular complexity index is 761. The summed E-state index contributed by atoms with van der Waals surface area (Å²) in [6, 6.07) is 16.7. The van der Waals surface area contributed by atoms with Crippen LogP contribution in [0.2, 0.25) is 0 Å². The van der Waals surface area contributed by atoms with Gasteiger partial charge >= 0.3 is 0 Å². The van der Waals surface area contributed by atoms with E-state index in [0.29, 0.717) is 11.3 Å². The van der Waals surface area contributed by atoms with Gasteiger partial charge in [-0.25, -0.2) is 5.43 Å². The van der Waals surface area contributed by atoms with Crippen molar-refractivity contribution in [2.45, 2.75) is 0 Å². The Balaban J connectivity index is 1.91. The second-order valence-corrected chi connectivity index (χ2v) is 4.74. The van der Waals surface area contributed by atoms with Gasteiger partial charge in [-0.15, -0.1) is 0 Å². The van der Waals surface area contributed by atoms with Crippen LogP contribution in [0, 0.1) is 0 Å². The molecule has 1 N–H and O–H groups in total. The van der Waals surface area contributed by atoms with Crippen molar-refractivity contribution in [2.75, 3.05) is 0 Å². The summed E-state index contributed by atoms with van der Waals surface area (Å²) in [6.45, 7) is 0. The summed E-state index contributed by atoms with van der Waals surface area (Å²) in [7, 11) is 0. The Labute approximate surface area is 133 Å². The smallest absolute Gasteiger partial charge is 0.267 e. The summed E-state index contributed by atoms with van der Waals surface area (Å²) in [5.74, 6) is -0.283. The highest BCUT2D eigenvalue weighted by molar-refractivity contribution is 6.13. The highest BCUT2D eigenvalue weighted by Gasteiger charge is 2.09. The number of carbonyl (C=O) groups excluding carboxylic acids is 1. The molecule has 0 aliphatic rings. The number of aromatic nitrogens is 2. The molecule has 0 saturated heterocycles. The molecule has 0 radical (unpaired) electrons. The second kappa shape index (κ2) is 7.09. The molecule has 3 rings (SSSR count). The van der Waals surface area contributed by atoms with Gasteiger partial charge < -0.3 is 0 Å². The lowest BCUT2D eigenvalue weighted by molar-refractivity contribution is 0.0955. The first-order valence-electron chi connectivity index (χ1n) is 7.08. The van der Waals surface area contributed by atoms with Crippen molar-refractivity contribution in [1.82, 2.24) is 15.4 Å². The van der Waals surface area contributed by atoms with Crippen molar-refractivity contribution in [3.8, 4) is 0 Å². The van der Waals surface area contributed by atoms with Gasteiger partial charge in [-0.1, -0.05) is 30.3 Å². The van der Waals surface area contributed by atoms with Crippen LogP contribution < -0.4 is 5.43 Å². The predicted molar refractivity (Wildman–Crippen MR) is 88.0 cm³/mol. The van der Waals surface area contributed by atoms with Crippen LogP contribution in [0.1, 0.15) is 21.5 Å². The number of hydrogen-bond donors (Lipinski definition) is 1. The van der Waals surface area contributed by atoms with E-state index in [4.69, 9.17) is 0 Å². The fraction of sp³-hybridized carbons (Fsp3) is 0. The normalized spacial score (nSPS) is 11.0. The minimum atomic E-state index is -0.283. The summed E-state index contributed by atoms with van der Waals surface area (Å²) in [4.78, 5) is 20.1. The number of nitrogens with zero attached hydrogens (tertiary/aromatic N) is 3. The molecule has 23 heavy (non-hydrogen) atoms. The molecule has 0 atom stereocenters. The van der Waals surface area contributed by atoms with E-state index in [0.717, 1.165) is 11.1 Å². The SMILES string of the molecule is O=C(N/N=C(/c1ccccc1)c1ccncc1)c1ccncc1. The molecule has 3 aromatic rings. The first-order chi connectivity index (χ1) is 11.3. The van der Waals surface area contributed by atoms with E-state index in [1.54, 1.807) is 36.9 Å². The van der Waals surface area contributed by atoms with Gasteiger partial charge in [0.25, 0.3) is 5.91 Å². The molecule has 0 saturated carbocycles. The van der Waals surface area contributed by atoms with Crippen molar-refractivity contribution < 1.29 is 4.79 Å². The number of rotatable bonds is 4. The maximum atomic E-state index is 12.2. The topological polar surface area (TPSA) is 67.2 Å². The number of nitrogens with one attached hydrogen (secondary N) is 1. The van der Waals surface area contributed by atoms with Crippen molar-refractivity contribution in [3.05, 3.63) is 96.1 Å². The quantitative estimate of drug-likeness (QED) is 0.595. The van der Waals surface area contributed by atoms with Gasteiger partial charge in [-0.3, -0.25) is 14.8 Å². The summed E-state index contributed by atoms with van der Waals surface area (Å²) >= 11 is 0. The Morgan fingerprint density at radius 2 is 1.26 bits per heavy atom. The number of carbonyl (C=O) groups is 1. The van der Waals surface area contributed by atoms with Crippen LogP contribution in [0.3, 0.4) is 0 Å². The summed E-state index contributed by atoms with van der Waals surface area (Å²) in [5, 5.41) is 4.31. The summed E-state index contributed by atoms with van der Waals surface area (Å²) in [5.41, 5.74) is 5.57. The lowest BCUT2D eigenvalue weighted by Gasteiger charge is -2.07. The predicted octanol–water partition coefficient (Wildman–Crippen LogP) is 2.66. The average molecular weight is 302 g/mol. The molecule has 5 nitrogen and oxygen atoms in total. The molecule has 0 aliphatic heterocycles. The first-order valence-corrected chi connectivity index (χ1v) is 7.08. The Kier molecular flexibility index (Phi) is 4.49. The molecule has 0 unspecified atom stereocenters. The zero-order valence-corrected chi connectivity index (χ0v) is 12.3. The Hall–Kier alpha value is -3.34. The van der Waals surface area contributed by atoms with E-state index < -0.39 is 0 Å². The van der Waals surface area contributed by atoms with Gasteiger partial charge in [0, 0.05) is 41.5 Å². The Morgan fingerprint density at radius 3 is 1.87 bits per heavy atom. The second-order valence-electron chi connectivity index (χ2n) is 4.74. The Morgan fingerprint density at radius 1 is 0.739 bits per heavy atom. The lowest BCUT2D eigenvalue weighted by atomic mass is 10.0. The van der Waals surface area contributed by atoms with E-state index in [9.17, 15) is 4.79 Å². The average Bonchev–Trinajstić information content (AvgIpc) is 2.64. The van der Waals surface area contributed by atoms with Crippen molar-refractivity contribution in [3.63, 3.8) is 0 Å². The minimum Gasteiger partial charge on any atom is -0.267 e. The molecule has 5 heteroatoms. The van der Waals surface area contributed by atoms with E-state index in [1.807, 2.05) is 42.5 Å². The third kappa shape index (κ3) is 3.65. The van der Waals surface area contributed by atoms with Crippen LogP contribution in [-0.2, 0) is 0 Å². The first kappa shape index (κ1) is 14.6. The van der Waals surface area contributed by atoms with E-state index in [-0.39, 0.29) is 5.91 Å². The molecular weight excluding hydrogens is 288 g/mol. The van der Waals surface area contributed by atoms with Crippen molar-refractivity contribution in [2.24, 2.45) is 5.10 Å². The van der Waals surface area contributed by atoms with Crippen LogP contribution in [0.4, 0.5) is 0 Å². The van der Waals surface area contributed by atoms with E-state index >= 15 is 0 Å². The van der Waals surface area contributed by atoms with Gasteiger partial charge in [-0.2, -0.15) is 5.10 Å². The lowest BCUT2D eigenvalue weighted by Crippen LogP contribution is -2.20. The van der Waals surface area contributed by atoms with Crippen LogP contribution >= 0.6 is 0 Å². The number of amides is 1. The van der Waals surface area contributed by atoms with Crippen LogP contribution in [0.15, 0.2) is 84.5 Å². The maximum Gasteiger partial charge on any atom is 0.271 e. The minimum absolute atomic E-state index is 0.283. The number of hydrogen-bond acceptors (Lipinski definition) is 4. The largest absolute Gasteiger partial charge is 0.271 e. The fourth-order valence-electron chi connectivity index (χ4n) is 2.08. The van der Waals surface area contributed by atoms with E-state index in [2.05, 4.69) is 20.5 Å². The molecule has 0 fully saturated rings. The third-order valence-electron chi connectivity index (χ3n) is 3.21. The number of hydrazone groups is 1. The van der Waals surface area contributed by atoms with Gasteiger partial charge in [0.1, 0.15) is 0 Å². The molecule has 0 spiro atoms. The van der Waals surface area contributed by atoms with Gasteiger partial charge in [-0.05, 0) is 24.3 Å². The molecule has 2 heterocycles. The number of pyridine rings is 2. The van der Waals surface area contributed by atoms with Gasteiger partial charge in [0.2, 0.25) is 0 Å². The molecule has 0 aliphatic carbocycles. The standard InChI is InChI=1S/C18H14N4O/c23-18(16-8-12-20-13-9-16)22-21-17(14-4-2-1-3-5-14)15-6-10-19-11-7-15/h1-13H,(H,22,23)/b21-17-. The van der Waals surface area contributed by atoms with E-state index in [1.165, 1.54) is 0 Å². The van der Waals surface area contributed by atoms with Crippen LogP contribution in [-0.4, -0.2) is 21.6 Å². The molecule has 1 aromatic carbocycles. The molecule has 2 aromatic heterocycles. The maximum absolute atomic E-state index is 12.2. The van der Waals surface area contributed by atoms with Gasteiger partial charge in [0.15, 0.2) is 0 Å². The molecule has 1 amide bonds.